The zero-order chi connectivity index (χ0) is 14.7. The van der Waals surface area contributed by atoms with Crippen LogP contribution in [0.15, 0.2) is 30.3 Å². The van der Waals surface area contributed by atoms with Crippen LogP contribution in [-0.4, -0.2) is 61.2 Å². The van der Waals surface area contributed by atoms with Crippen molar-refractivity contribution >= 4 is 0 Å². The van der Waals surface area contributed by atoms with Crippen LogP contribution in [0.5, 0.6) is 0 Å². The summed E-state index contributed by atoms with van der Waals surface area (Å²) < 4.78 is 0. The summed E-state index contributed by atoms with van der Waals surface area (Å²) in [7, 11) is 2.25. The Balaban J connectivity index is 1.68. The summed E-state index contributed by atoms with van der Waals surface area (Å²) in [6, 6.07) is 13.0. The first-order valence-electron chi connectivity index (χ1n) is 8.44. The van der Waals surface area contributed by atoms with Crippen LogP contribution in [0.25, 0.3) is 0 Å². The van der Waals surface area contributed by atoms with Crippen molar-refractivity contribution in [1.29, 1.82) is 0 Å². The molecule has 1 aromatic carbocycles. The molecule has 21 heavy (non-hydrogen) atoms. The maximum Gasteiger partial charge on any atom is 0.0264 e. The van der Waals surface area contributed by atoms with Crippen LogP contribution in [0.1, 0.15) is 25.3 Å². The van der Waals surface area contributed by atoms with Gasteiger partial charge in [0.2, 0.25) is 0 Å². The lowest BCUT2D eigenvalue weighted by atomic mass is 9.95. The van der Waals surface area contributed by atoms with Crippen LogP contribution >= 0.6 is 0 Å². The van der Waals surface area contributed by atoms with Gasteiger partial charge in [-0.25, -0.2) is 0 Å². The van der Waals surface area contributed by atoms with Crippen LogP contribution in [-0.2, 0) is 6.42 Å². The topological polar surface area (TPSA) is 18.5 Å². The Kier molecular flexibility index (Phi) is 4.94. The fourth-order valence-electron chi connectivity index (χ4n) is 3.83. The average molecular weight is 287 g/mol. The van der Waals surface area contributed by atoms with Gasteiger partial charge < -0.3 is 10.2 Å². The van der Waals surface area contributed by atoms with Crippen molar-refractivity contribution in [1.82, 2.24) is 15.1 Å². The van der Waals surface area contributed by atoms with E-state index in [1.165, 1.54) is 44.5 Å². The molecule has 2 fully saturated rings. The van der Waals surface area contributed by atoms with E-state index in [4.69, 9.17) is 0 Å². The second kappa shape index (κ2) is 6.91. The van der Waals surface area contributed by atoms with Gasteiger partial charge in [-0.15, -0.1) is 0 Å². The molecule has 0 bridgehead atoms. The maximum atomic E-state index is 3.68. The zero-order valence-corrected chi connectivity index (χ0v) is 13.5. The van der Waals surface area contributed by atoms with Crippen molar-refractivity contribution in [2.45, 2.75) is 44.3 Å². The van der Waals surface area contributed by atoms with Crippen LogP contribution < -0.4 is 5.32 Å². The molecule has 0 saturated carbocycles. The standard InChI is InChI=1S/C18H29N3/c1-15-14-21(17-8-10-20(2)11-9-17)18(13-19-15)12-16-6-4-3-5-7-16/h3-7,15,17-19H,8-14H2,1-2H3. The summed E-state index contributed by atoms with van der Waals surface area (Å²) in [6.07, 6.45) is 3.83. The first-order chi connectivity index (χ1) is 10.2. The predicted octanol–water partition coefficient (Wildman–Crippen LogP) is 1.99. The minimum absolute atomic E-state index is 0.622. The summed E-state index contributed by atoms with van der Waals surface area (Å²) in [5.74, 6) is 0. The highest BCUT2D eigenvalue weighted by molar-refractivity contribution is 5.16. The van der Waals surface area contributed by atoms with E-state index in [1.807, 2.05) is 0 Å². The molecule has 2 unspecified atom stereocenters. The number of hydrogen-bond donors (Lipinski definition) is 1. The van der Waals surface area contributed by atoms with Crippen LogP contribution in [0.3, 0.4) is 0 Å². The van der Waals surface area contributed by atoms with Crippen molar-refractivity contribution in [3.05, 3.63) is 35.9 Å². The lowest BCUT2D eigenvalue weighted by Gasteiger charge is -2.46. The highest BCUT2D eigenvalue weighted by atomic mass is 15.3. The Bertz CT molecular complexity index is 425. The molecule has 1 aromatic rings. The van der Waals surface area contributed by atoms with Gasteiger partial charge in [-0.2, -0.15) is 0 Å². The highest BCUT2D eigenvalue weighted by Crippen LogP contribution is 2.22. The number of nitrogens with one attached hydrogen (secondary N) is 1. The Labute approximate surface area is 129 Å². The maximum absolute atomic E-state index is 3.68. The van der Waals surface area contributed by atoms with Crippen molar-refractivity contribution in [3.8, 4) is 0 Å². The van der Waals surface area contributed by atoms with Crippen LogP contribution in [0.2, 0.25) is 0 Å². The number of benzene rings is 1. The number of piperidine rings is 1. The van der Waals surface area contributed by atoms with Crippen molar-refractivity contribution in [2.75, 3.05) is 33.2 Å². The molecule has 2 saturated heterocycles. The number of piperazine rings is 1. The molecule has 116 valence electrons. The number of nitrogens with zero attached hydrogens (tertiary/aromatic N) is 2. The van der Waals surface area contributed by atoms with E-state index < -0.39 is 0 Å². The average Bonchev–Trinajstić information content (AvgIpc) is 2.51. The van der Waals surface area contributed by atoms with Crippen molar-refractivity contribution in [2.24, 2.45) is 0 Å². The Morgan fingerprint density at radius 2 is 1.86 bits per heavy atom. The quantitative estimate of drug-likeness (QED) is 0.917. The molecule has 0 radical (unpaired) electrons. The fraction of sp³-hybridized carbons (Fsp3) is 0.667. The van der Waals surface area contributed by atoms with Crippen molar-refractivity contribution in [3.63, 3.8) is 0 Å². The molecular formula is C18H29N3. The van der Waals surface area contributed by atoms with Gasteiger partial charge in [-0.05, 0) is 51.9 Å². The molecular weight excluding hydrogens is 258 g/mol. The summed E-state index contributed by atoms with van der Waals surface area (Å²) in [5, 5.41) is 3.68. The van der Waals surface area contributed by atoms with E-state index in [-0.39, 0.29) is 0 Å². The first kappa shape index (κ1) is 15.0. The van der Waals surface area contributed by atoms with E-state index in [2.05, 4.69) is 59.4 Å². The highest BCUT2D eigenvalue weighted by Gasteiger charge is 2.32. The summed E-state index contributed by atoms with van der Waals surface area (Å²) >= 11 is 0. The molecule has 1 N–H and O–H groups in total. The molecule has 0 spiro atoms. The third-order valence-corrected chi connectivity index (χ3v) is 5.13. The molecule has 2 aliphatic heterocycles. The molecule has 2 atom stereocenters. The van der Waals surface area contributed by atoms with E-state index in [0.29, 0.717) is 12.1 Å². The smallest absolute Gasteiger partial charge is 0.0264 e. The second-order valence-electron chi connectivity index (χ2n) is 6.88. The van der Waals surface area contributed by atoms with Gasteiger partial charge in [0.05, 0.1) is 0 Å². The predicted molar refractivity (Wildman–Crippen MR) is 88.6 cm³/mol. The minimum Gasteiger partial charge on any atom is -0.311 e. The monoisotopic (exact) mass is 287 g/mol. The fourth-order valence-corrected chi connectivity index (χ4v) is 3.83. The Morgan fingerprint density at radius 3 is 2.57 bits per heavy atom. The second-order valence-corrected chi connectivity index (χ2v) is 6.88. The van der Waals surface area contributed by atoms with Gasteiger partial charge in [0, 0.05) is 31.2 Å². The largest absolute Gasteiger partial charge is 0.311 e. The SMILES string of the molecule is CC1CN(C2CCN(C)CC2)C(Cc2ccccc2)CN1. The van der Waals surface area contributed by atoms with Gasteiger partial charge in [0.15, 0.2) is 0 Å². The van der Waals surface area contributed by atoms with Gasteiger partial charge in [0.1, 0.15) is 0 Å². The zero-order valence-electron chi connectivity index (χ0n) is 13.5. The van der Waals surface area contributed by atoms with E-state index in [9.17, 15) is 0 Å². The van der Waals surface area contributed by atoms with Gasteiger partial charge in [-0.3, -0.25) is 4.90 Å². The third-order valence-electron chi connectivity index (χ3n) is 5.13. The Hall–Kier alpha value is -0.900. The molecule has 3 rings (SSSR count). The number of hydrogen-bond acceptors (Lipinski definition) is 3. The molecule has 0 amide bonds. The lowest BCUT2D eigenvalue weighted by Crippen LogP contribution is -2.60. The summed E-state index contributed by atoms with van der Waals surface area (Å²) in [6.45, 7) is 7.15. The number of rotatable bonds is 3. The van der Waals surface area contributed by atoms with Crippen LogP contribution in [0.4, 0.5) is 0 Å². The molecule has 2 heterocycles. The molecule has 2 aliphatic rings. The number of likely N-dealkylation sites (tertiary alicyclic amines) is 1. The summed E-state index contributed by atoms with van der Waals surface area (Å²) in [5.41, 5.74) is 1.47. The summed E-state index contributed by atoms with van der Waals surface area (Å²) in [4.78, 5) is 5.27. The molecule has 3 heteroatoms. The van der Waals surface area contributed by atoms with Crippen molar-refractivity contribution < 1.29 is 0 Å². The van der Waals surface area contributed by atoms with E-state index in [1.54, 1.807) is 0 Å². The Morgan fingerprint density at radius 1 is 1.14 bits per heavy atom. The molecule has 3 nitrogen and oxygen atoms in total. The van der Waals surface area contributed by atoms with E-state index in [0.717, 1.165) is 12.6 Å². The van der Waals surface area contributed by atoms with Gasteiger partial charge >= 0.3 is 0 Å². The molecule has 0 aliphatic carbocycles. The minimum atomic E-state index is 0.622. The lowest BCUT2D eigenvalue weighted by molar-refractivity contribution is 0.0501. The first-order valence-corrected chi connectivity index (χ1v) is 8.44. The van der Waals surface area contributed by atoms with Crippen LogP contribution in [0, 0.1) is 0 Å². The normalized spacial score (nSPS) is 29.6. The van der Waals surface area contributed by atoms with Gasteiger partial charge in [0.25, 0.3) is 0 Å². The van der Waals surface area contributed by atoms with Gasteiger partial charge in [-0.1, -0.05) is 30.3 Å². The molecule has 0 aromatic heterocycles. The van der Waals surface area contributed by atoms with E-state index >= 15 is 0 Å². The third kappa shape index (κ3) is 3.85.